The third-order valence-electron chi connectivity index (χ3n) is 4.53. The summed E-state index contributed by atoms with van der Waals surface area (Å²) in [6, 6.07) is 0. The molecule has 2 N–H and O–H groups in total. The minimum atomic E-state index is 0.465. The van der Waals surface area contributed by atoms with Crippen LogP contribution in [-0.2, 0) is 6.54 Å². The minimum absolute atomic E-state index is 0.465. The molecule has 0 aromatic carbocycles. The van der Waals surface area contributed by atoms with Crippen molar-refractivity contribution >= 4 is 5.82 Å². The van der Waals surface area contributed by atoms with Crippen LogP contribution in [0, 0.1) is 5.92 Å². The van der Waals surface area contributed by atoms with Crippen molar-refractivity contribution in [1.29, 1.82) is 0 Å². The van der Waals surface area contributed by atoms with Crippen molar-refractivity contribution in [2.45, 2.75) is 32.2 Å². The van der Waals surface area contributed by atoms with Crippen LogP contribution >= 0.6 is 0 Å². The van der Waals surface area contributed by atoms with Gasteiger partial charge in [0.25, 0.3) is 0 Å². The van der Waals surface area contributed by atoms with Crippen LogP contribution in [-0.4, -0.2) is 47.6 Å². The molecule has 2 fully saturated rings. The largest absolute Gasteiger partial charge is 0.355 e. The summed E-state index contributed by atoms with van der Waals surface area (Å²) in [6.07, 6.45) is 8.93. The predicted molar refractivity (Wildman–Crippen MR) is 80.5 cm³/mol. The summed E-state index contributed by atoms with van der Waals surface area (Å²) in [4.78, 5) is 13.8. The molecule has 20 heavy (non-hydrogen) atoms. The zero-order chi connectivity index (χ0) is 13.8. The molecule has 0 aliphatic carbocycles. The first-order chi connectivity index (χ1) is 9.85. The number of nitrogens with two attached hydrogens (primary N) is 1. The van der Waals surface area contributed by atoms with Gasteiger partial charge in [-0.1, -0.05) is 0 Å². The molecular weight excluding hydrogens is 250 g/mol. The molecule has 5 heteroatoms. The third-order valence-corrected chi connectivity index (χ3v) is 4.53. The Labute approximate surface area is 121 Å². The van der Waals surface area contributed by atoms with E-state index in [9.17, 15) is 0 Å². The molecule has 5 nitrogen and oxygen atoms in total. The fraction of sp³-hybridized carbons (Fsp3) is 0.733. The molecule has 110 valence electrons. The normalized spacial score (nSPS) is 21.6. The van der Waals surface area contributed by atoms with Gasteiger partial charge in [-0.2, -0.15) is 0 Å². The van der Waals surface area contributed by atoms with E-state index in [4.69, 9.17) is 5.73 Å². The molecule has 0 saturated carbocycles. The molecule has 2 saturated heterocycles. The quantitative estimate of drug-likeness (QED) is 0.896. The average molecular weight is 275 g/mol. The van der Waals surface area contributed by atoms with Crippen molar-refractivity contribution in [2.24, 2.45) is 11.7 Å². The minimum Gasteiger partial charge on any atom is -0.355 e. The molecule has 1 aromatic heterocycles. The number of hydrogen-bond donors (Lipinski definition) is 1. The Bertz CT molecular complexity index is 422. The van der Waals surface area contributed by atoms with Crippen molar-refractivity contribution in [1.82, 2.24) is 14.9 Å². The van der Waals surface area contributed by atoms with Crippen molar-refractivity contribution < 1.29 is 0 Å². The van der Waals surface area contributed by atoms with E-state index in [-0.39, 0.29) is 0 Å². The Morgan fingerprint density at radius 3 is 2.55 bits per heavy atom. The highest BCUT2D eigenvalue weighted by Gasteiger charge is 2.23. The lowest BCUT2D eigenvalue weighted by atomic mass is 9.96. The number of anilines is 1. The van der Waals surface area contributed by atoms with Gasteiger partial charge in [-0.15, -0.1) is 0 Å². The molecule has 0 atom stereocenters. The summed E-state index contributed by atoms with van der Waals surface area (Å²) in [7, 11) is 0. The molecule has 0 bridgehead atoms. The van der Waals surface area contributed by atoms with Gasteiger partial charge in [0.1, 0.15) is 5.82 Å². The van der Waals surface area contributed by atoms with Gasteiger partial charge in [0, 0.05) is 32.4 Å². The number of hydrogen-bond acceptors (Lipinski definition) is 5. The topological polar surface area (TPSA) is 58.3 Å². The molecule has 3 rings (SSSR count). The van der Waals surface area contributed by atoms with Gasteiger partial charge in [0.05, 0.1) is 11.9 Å². The van der Waals surface area contributed by atoms with Gasteiger partial charge in [-0.3, -0.25) is 4.98 Å². The summed E-state index contributed by atoms with van der Waals surface area (Å²) in [5, 5.41) is 0. The molecule has 0 unspecified atom stereocenters. The second-order valence-corrected chi connectivity index (χ2v) is 6.01. The standard InChI is InChI=1S/C15H25N5/c16-9-14-10-17-11-15(18-14)20-7-3-13(4-8-20)12-19-5-1-2-6-19/h10-11,13H,1-9,12,16H2. The maximum Gasteiger partial charge on any atom is 0.147 e. The van der Waals surface area contributed by atoms with E-state index in [0.29, 0.717) is 6.54 Å². The van der Waals surface area contributed by atoms with E-state index in [1.54, 1.807) is 6.20 Å². The van der Waals surface area contributed by atoms with E-state index in [0.717, 1.165) is 30.5 Å². The molecule has 0 spiro atoms. The van der Waals surface area contributed by atoms with Crippen LogP contribution in [0.4, 0.5) is 5.82 Å². The fourth-order valence-electron chi connectivity index (χ4n) is 3.32. The van der Waals surface area contributed by atoms with Crippen LogP contribution in [0.25, 0.3) is 0 Å². The zero-order valence-corrected chi connectivity index (χ0v) is 12.2. The molecule has 2 aliphatic rings. The van der Waals surface area contributed by atoms with Gasteiger partial charge in [0.2, 0.25) is 0 Å². The Balaban J connectivity index is 1.52. The number of nitrogens with zero attached hydrogens (tertiary/aromatic N) is 4. The van der Waals surface area contributed by atoms with Crippen LogP contribution in [0.15, 0.2) is 12.4 Å². The van der Waals surface area contributed by atoms with Crippen LogP contribution in [0.5, 0.6) is 0 Å². The summed E-state index contributed by atoms with van der Waals surface area (Å²) in [5.41, 5.74) is 6.51. The SMILES string of the molecule is NCc1cncc(N2CCC(CN3CCCC3)CC2)n1. The second-order valence-electron chi connectivity index (χ2n) is 6.01. The van der Waals surface area contributed by atoms with E-state index in [2.05, 4.69) is 19.8 Å². The summed E-state index contributed by atoms with van der Waals surface area (Å²) < 4.78 is 0. The van der Waals surface area contributed by atoms with E-state index < -0.39 is 0 Å². The molecular formula is C15H25N5. The smallest absolute Gasteiger partial charge is 0.147 e. The maximum absolute atomic E-state index is 5.64. The fourth-order valence-corrected chi connectivity index (χ4v) is 3.32. The van der Waals surface area contributed by atoms with Gasteiger partial charge in [-0.05, 0) is 44.7 Å². The molecule has 1 aromatic rings. The highest BCUT2D eigenvalue weighted by atomic mass is 15.2. The van der Waals surface area contributed by atoms with Gasteiger partial charge >= 0.3 is 0 Å². The number of rotatable bonds is 4. The van der Waals surface area contributed by atoms with Crippen LogP contribution in [0.1, 0.15) is 31.4 Å². The van der Waals surface area contributed by atoms with Gasteiger partial charge < -0.3 is 15.5 Å². The lowest BCUT2D eigenvalue weighted by Gasteiger charge is -2.34. The highest BCUT2D eigenvalue weighted by molar-refractivity contribution is 5.36. The van der Waals surface area contributed by atoms with Crippen molar-refractivity contribution in [3.8, 4) is 0 Å². The Hall–Kier alpha value is -1.20. The highest BCUT2D eigenvalue weighted by Crippen LogP contribution is 2.23. The van der Waals surface area contributed by atoms with Crippen LogP contribution in [0.2, 0.25) is 0 Å². The first-order valence-corrected chi connectivity index (χ1v) is 7.83. The zero-order valence-electron chi connectivity index (χ0n) is 12.2. The first kappa shape index (κ1) is 13.8. The predicted octanol–water partition coefficient (Wildman–Crippen LogP) is 1.25. The van der Waals surface area contributed by atoms with Crippen LogP contribution < -0.4 is 10.6 Å². The maximum atomic E-state index is 5.64. The molecule has 3 heterocycles. The molecule has 0 radical (unpaired) electrons. The lowest BCUT2D eigenvalue weighted by Crippen LogP contribution is -2.38. The monoisotopic (exact) mass is 275 g/mol. The van der Waals surface area contributed by atoms with Gasteiger partial charge in [0.15, 0.2) is 0 Å². The number of likely N-dealkylation sites (tertiary alicyclic amines) is 1. The molecule has 2 aliphatic heterocycles. The number of aromatic nitrogens is 2. The summed E-state index contributed by atoms with van der Waals surface area (Å²) in [5.74, 6) is 1.85. The Morgan fingerprint density at radius 2 is 1.85 bits per heavy atom. The van der Waals surface area contributed by atoms with Crippen molar-refractivity contribution in [3.63, 3.8) is 0 Å². The van der Waals surface area contributed by atoms with Gasteiger partial charge in [-0.25, -0.2) is 4.98 Å². The van der Waals surface area contributed by atoms with Crippen molar-refractivity contribution in [3.05, 3.63) is 18.1 Å². The molecule has 0 amide bonds. The van der Waals surface area contributed by atoms with E-state index in [1.165, 1.54) is 45.3 Å². The first-order valence-electron chi connectivity index (χ1n) is 7.83. The lowest BCUT2D eigenvalue weighted by molar-refractivity contribution is 0.249. The summed E-state index contributed by atoms with van der Waals surface area (Å²) in [6.45, 7) is 6.57. The summed E-state index contributed by atoms with van der Waals surface area (Å²) >= 11 is 0. The third kappa shape index (κ3) is 3.27. The Kier molecular flexibility index (Phi) is 4.47. The average Bonchev–Trinajstić information content (AvgIpc) is 3.01. The van der Waals surface area contributed by atoms with E-state index >= 15 is 0 Å². The van der Waals surface area contributed by atoms with Crippen molar-refractivity contribution in [2.75, 3.05) is 37.6 Å². The van der Waals surface area contributed by atoms with E-state index in [1.807, 2.05) is 6.20 Å². The van der Waals surface area contributed by atoms with Crippen LogP contribution in [0.3, 0.4) is 0 Å². The Morgan fingerprint density at radius 1 is 1.10 bits per heavy atom. The second kappa shape index (κ2) is 6.50. The number of piperidine rings is 1.